The molecular formula is C19H22N2O3. The average Bonchev–Trinajstić information content (AvgIpc) is 2.61. The predicted octanol–water partition coefficient (Wildman–Crippen LogP) is 1.98. The molecule has 2 N–H and O–H groups in total. The lowest BCUT2D eigenvalue weighted by Crippen LogP contribution is -2.40. The highest BCUT2D eigenvalue weighted by atomic mass is 16.5. The van der Waals surface area contributed by atoms with Gasteiger partial charge < -0.3 is 15.4 Å². The first-order valence-corrected chi connectivity index (χ1v) is 7.83. The summed E-state index contributed by atoms with van der Waals surface area (Å²) >= 11 is 0. The topological polar surface area (TPSA) is 67.4 Å². The number of methoxy groups -OCH3 is 1. The number of aryl methyl sites for hydroxylation is 1. The van der Waals surface area contributed by atoms with Gasteiger partial charge in [0.15, 0.2) is 0 Å². The summed E-state index contributed by atoms with van der Waals surface area (Å²) in [6, 6.07) is 15.4. The largest absolute Gasteiger partial charge is 0.497 e. The van der Waals surface area contributed by atoms with Gasteiger partial charge in [-0.25, -0.2) is 0 Å². The molecule has 0 aliphatic rings. The van der Waals surface area contributed by atoms with E-state index in [-0.39, 0.29) is 0 Å². The fourth-order valence-electron chi connectivity index (χ4n) is 2.20. The van der Waals surface area contributed by atoms with Gasteiger partial charge >= 0.3 is 11.8 Å². The van der Waals surface area contributed by atoms with Gasteiger partial charge in [0.2, 0.25) is 0 Å². The minimum absolute atomic E-state index is 0.336. The second-order valence-corrected chi connectivity index (χ2v) is 5.53. The number of benzene rings is 2. The predicted molar refractivity (Wildman–Crippen MR) is 92.7 cm³/mol. The van der Waals surface area contributed by atoms with Crippen LogP contribution in [0.3, 0.4) is 0 Å². The number of hydrogen-bond donors (Lipinski definition) is 2. The summed E-state index contributed by atoms with van der Waals surface area (Å²) in [6.45, 7) is 2.73. The number of amides is 2. The molecule has 2 rings (SSSR count). The van der Waals surface area contributed by atoms with E-state index in [4.69, 9.17) is 4.74 Å². The normalized spacial score (nSPS) is 10.1. The van der Waals surface area contributed by atoms with E-state index in [0.29, 0.717) is 19.5 Å². The maximum Gasteiger partial charge on any atom is 0.309 e. The molecule has 24 heavy (non-hydrogen) atoms. The van der Waals surface area contributed by atoms with Crippen LogP contribution >= 0.6 is 0 Å². The van der Waals surface area contributed by atoms with Crippen molar-refractivity contribution < 1.29 is 14.3 Å². The van der Waals surface area contributed by atoms with Crippen LogP contribution in [-0.2, 0) is 22.6 Å². The molecule has 0 heterocycles. The first-order chi connectivity index (χ1) is 11.6. The van der Waals surface area contributed by atoms with E-state index < -0.39 is 11.8 Å². The van der Waals surface area contributed by atoms with Crippen molar-refractivity contribution in [2.24, 2.45) is 0 Å². The van der Waals surface area contributed by atoms with Crippen molar-refractivity contribution in [3.8, 4) is 5.75 Å². The summed E-state index contributed by atoms with van der Waals surface area (Å²) < 4.78 is 5.15. The van der Waals surface area contributed by atoms with Crippen molar-refractivity contribution in [1.82, 2.24) is 10.6 Å². The van der Waals surface area contributed by atoms with Gasteiger partial charge in [-0.3, -0.25) is 9.59 Å². The number of hydrogen-bond acceptors (Lipinski definition) is 3. The highest BCUT2D eigenvalue weighted by Crippen LogP contribution is 2.12. The second kappa shape index (κ2) is 8.72. The number of carbonyl (C=O) groups is 2. The molecule has 0 spiro atoms. The molecule has 0 aliphatic carbocycles. The van der Waals surface area contributed by atoms with E-state index in [0.717, 1.165) is 22.4 Å². The van der Waals surface area contributed by atoms with Crippen LogP contribution in [0.5, 0.6) is 5.75 Å². The third-order valence-corrected chi connectivity index (χ3v) is 3.61. The van der Waals surface area contributed by atoms with Gasteiger partial charge in [0.1, 0.15) is 5.75 Å². The van der Waals surface area contributed by atoms with Gasteiger partial charge in [0.05, 0.1) is 7.11 Å². The molecule has 0 unspecified atom stereocenters. The lowest BCUT2D eigenvalue weighted by molar-refractivity contribution is -0.139. The Bertz CT molecular complexity index is 696. The van der Waals surface area contributed by atoms with Crippen LogP contribution < -0.4 is 15.4 Å². The zero-order valence-electron chi connectivity index (χ0n) is 14.0. The van der Waals surface area contributed by atoms with Crippen LogP contribution in [-0.4, -0.2) is 25.5 Å². The van der Waals surface area contributed by atoms with Crippen molar-refractivity contribution in [3.63, 3.8) is 0 Å². The van der Waals surface area contributed by atoms with Crippen LogP contribution in [0.1, 0.15) is 16.7 Å². The first-order valence-electron chi connectivity index (χ1n) is 7.83. The second-order valence-electron chi connectivity index (χ2n) is 5.53. The molecular weight excluding hydrogens is 304 g/mol. The molecule has 2 amide bonds. The Labute approximate surface area is 142 Å². The Hall–Kier alpha value is -2.82. The number of rotatable bonds is 6. The monoisotopic (exact) mass is 326 g/mol. The Kier molecular flexibility index (Phi) is 6.37. The average molecular weight is 326 g/mol. The van der Waals surface area contributed by atoms with Crippen LogP contribution in [0.15, 0.2) is 48.5 Å². The Morgan fingerprint density at radius 2 is 1.67 bits per heavy atom. The zero-order valence-corrected chi connectivity index (χ0v) is 14.0. The van der Waals surface area contributed by atoms with Gasteiger partial charge in [0, 0.05) is 13.1 Å². The summed E-state index contributed by atoms with van der Waals surface area (Å²) in [6.07, 6.45) is 0.633. The van der Waals surface area contributed by atoms with Gasteiger partial charge in [-0.1, -0.05) is 42.0 Å². The fraction of sp³-hybridized carbons (Fsp3) is 0.263. The summed E-state index contributed by atoms with van der Waals surface area (Å²) in [5, 5.41) is 5.24. The van der Waals surface area contributed by atoms with E-state index in [1.165, 1.54) is 0 Å². The van der Waals surface area contributed by atoms with Crippen LogP contribution in [0.4, 0.5) is 0 Å². The zero-order chi connectivity index (χ0) is 17.4. The maximum absolute atomic E-state index is 11.8. The molecule has 0 saturated heterocycles. The molecule has 0 saturated carbocycles. The van der Waals surface area contributed by atoms with Gasteiger partial charge in [-0.15, -0.1) is 0 Å². The van der Waals surface area contributed by atoms with Crippen molar-refractivity contribution in [2.45, 2.75) is 19.9 Å². The molecule has 0 aromatic heterocycles. The van der Waals surface area contributed by atoms with E-state index >= 15 is 0 Å². The Morgan fingerprint density at radius 3 is 2.38 bits per heavy atom. The van der Waals surface area contributed by atoms with E-state index in [1.807, 2.05) is 55.5 Å². The summed E-state index contributed by atoms with van der Waals surface area (Å²) in [4.78, 5) is 23.6. The van der Waals surface area contributed by atoms with E-state index in [1.54, 1.807) is 7.11 Å². The van der Waals surface area contributed by atoms with Crippen LogP contribution in [0.25, 0.3) is 0 Å². The minimum Gasteiger partial charge on any atom is -0.497 e. The summed E-state index contributed by atoms with van der Waals surface area (Å²) in [5.41, 5.74) is 3.15. The highest BCUT2D eigenvalue weighted by molar-refractivity contribution is 6.35. The van der Waals surface area contributed by atoms with E-state index in [9.17, 15) is 9.59 Å². The quantitative estimate of drug-likeness (QED) is 0.798. The molecule has 5 nitrogen and oxygen atoms in total. The lowest BCUT2D eigenvalue weighted by Gasteiger charge is -2.08. The van der Waals surface area contributed by atoms with Gasteiger partial charge in [-0.05, 0) is 36.6 Å². The van der Waals surface area contributed by atoms with Gasteiger partial charge in [0.25, 0.3) is 0 Å². The first kappa shape index (κ1) is 17.5. The molecule has 2 aromatic carbocycles. The van der Waals surface area contributed by atoms with Crippen molar-refractivity contribution in [1.29, 1.82) is 0 Å². The third kappa shape index (κ3) is 5.43. The molecule has 126 valence electrons. The molecule has 2 aromatic rings. The smallest absolute Gasteiger partial charge is 0.309 e. The van der Waals surface area contributed by atoms with E-state index in [2.05, 4.69) is 10.6 Å². The molecule has 0 bridgehead atoms. The molecule has 0 radical (unpaired) electrons. The third-order valence-electron chi connectivity index (χ3n) is 3.61. The van der Waals surface area contributed by atoms with Crippen molar-refractivity contribution in [2.75, 3.05) is 13.7 Å². The van der Waals surface area contributed by atoms with Gasteiger partial charge in [-0.2, -0.15) is 0 Å². The number of nitrogens with one attached hydrogen (secondary N) is 2. The number of ether oxygens (including phenoxy) is 1. The fourth-order valence-corrected chi connectivity index (χ4v) is 2.20. The van der Waals surface area contributed by atoms with Crippen LogP contribution in [0, 0.1) is 6.92 Å². The molecule has 0 atom stereocenters. The Balaban J connectivity index is 1.73. The molecule has 0 fully saturated rings. The molecule has 0 aliphatic heterocycles. The Morgan fingerprint density at radius 1 is 0.958 bits per heavy atom. The summed E-state index contributed by atoms with van der Waals surface area (Å²) in [7, 11) is 1.61. The molecule has 5 heteroatoms. The number of carbonyl (C=O) groups excluding carboxylic acids is 2. The maximum atomic E-state index is 11.8. The lowest BCUT2D eigenvalue weighted by atomic mass is 10.1. The highest BCUT2D eigenvalue weighted by Gasteiger charge is 2.12. The van der Waals surface area contributed by atoms with Crippen molar-refractivity contribution >= 4 is 11.8 Å². The van der Waals surface area contributed by atoms with Crippen LogP contribution in [0.2, 0.25) is 0 Å². The van der Waals surface area contributed by atoms with Crippen molar-refractivity contribution in [3.05, 3.63) is 65.2 Å². The minimum atomic E-state index is -0.624. The standard InChI is InChI=1S/C19H22N2O3/c1-14-6-8-16(9-7-14)13-21-19(23)18(22)20-11-10-15-4-3-5-17(12-15)24-2/h3-9,12H,10-11,13H2,1-2H3,(H,20,22)(H,21,23). The SMILES string of the molecule is COc1cccc(CCNC(=O)C(=O)NCc2ccc(C)cc2)c1. The summed E-state index contributed by atoms with van der Waals surface area (Å²) in [5.74, 6) is -0.471.